The van der Waals surface area contributed by atoms with Crippen molar-refractivity contribution in [1.82, 2.24) is 19.9 Å². The normalized spacial score (nSPS) is 12.3. The second-order valence-corrected chi connectivity index (χ2v) is 11.9. The molecule has 0 spiro atoms. The fraction of sp³-hybridized carbons (Fsp3) is 0.531. The highest BCUT2D eigenvalue weighted by Crippen LogP contribution is 2.23. The maximum absolute atomic E-state index is 13.0. The van der Waals surface area contributed by atoms with Crippen molar-refractivity contribution in [2.75, 3.05) is 5.32 Å². The molecule has 3 N–H and O–H groups in total. The number of aromatic amines is 1. The van der Waals surface area contributed by atoms with Crippen LogP contribution < -0.4 is 16.2 Å². The molecule has 43 heavy (non-hydrogen) atoms. The number of aryl methyl sites for hydroxylation is 2. The van der Waals surface area contributed by atoms with Gasteiger partial charge in [0.1, 0.15) is 11.7 Å². The largest absolute Gasteiger partial charge is 0.463 e. The Labute approximate surface area is 252 Å². The molecule has 3 rings (SSSR count). The van der Waals surface area contributed by atoms with Crippen LogP contribution in [0.5, 0.6) is 0 Å². The van der Waals surface area contributed by atoms with Gasteiger partial charge < -0.3 is 24.7 Å². The van der Waals surface area contributed by atoms with E-state index in [9.17, 15) is 19.2 Å². The standard InChI is InChI=1S/C32H45N5O6/c1-18(2)33-32-35-28-27(30(40)36-32)24(17-37(28)19(3)4)14-11-22-9-12-23(13-10-22)29(39)34-25(31(41)43-21(7)8)15-16-26(38)42-20(5)6/h9-10,12-13,17-21,25H,11,14-16H2,1-8H3,(H,34,39)(H2,33,35,36,40)/t25-/m0/s1. The summed E-state index contributed by atoms with van der Waals surface area (Å²) in [5, 5.41) is 6.46. The van der Waals surface area contributed by atoms with Crippen molar-refractivity contribution in [3.8, 4) is 0 Å². The molecule has 1 aromatic carbocycles. The molecular weight excluding hydrogens is 550 g/mol. The number of fused-ring (bicyclic) bond motifs is 1. The summed E-state index contributed by atoms with van der Waals surface area (Å²) in [5.74, 6) is -1.05. The first kappa shape index (κ1) is 33.4. The third kappa shape index (κ3) is 9.42. The van der Waals surface area contributed by atoms with Crippen molar-refractivity contribution in [3.63, 3.8) is 0 Å². The lowest BCUT2D eigenvalue weighted by Gasteiger charge is -2.19. The predicted molar refractivity (Wildman–Crippen MR) is 166 cm³/mol. The molecule has 0 aliphatic heterocycles. The SMILES string of the molecule is CC(C)Nc1nc2c(c(CCc3ccc(C(=O)N[C@@H](CCC(=O)OC(C)C)C(=O)OC(C)C)cc3)cn2C(C)C)c(=O)[nH]1. The number of esters is 2. The first-order valence-electron chi connectivity index (χ1n) is 14.9. The van der Waals surface area contributed by atoms with Gasteiger partial charge in [-0.3, -0.25) is 19.4 Å². The number of rotatable bonds is 14. The van der Waals surface area contributed by atoms with Gasteiger partial charge in [-0.05, 0) is 97.9 Å². The van der Waals surface area contributed by atoms with Crippen molar-refractivity contribution in [3.05, 3.63) is 57.5 Å². The highest BCUT2D eigenvalue weighted by molar-refractivity contribution is 5.97. The minimum atomic E-state index is -0.990. The van der Waals surface area contributed by atoms with Gasteiger partial charge in [-0.1, -0.05) is 12.1 Å². The molecule has 0 saturated heterocycles. The van der Waals surface area contributed by atoms with Gasteiger partial charge in [0.05, 0.1) is 17.6 Å². The highest BCUT2D eigenvalue weighted by atomic mass is 16.5. The van der Waals surface area contributed by atoms with Crippen LogP contribution in [-0.4, -0.2) is 56.7 Å². The molecule has 11 nitrogen and oxygen atoms in total. The molecule has 0 saturated carbocycles. The second-order valence-electron chi connectivity index (χ2n) is 11.9. The van der Waals surface area contributed by atoms with Crippen molar-refractivity contribution in [1.29, 1.82) is 0 Å². The third-order valence-corrected chi connectivity index (χ3v) is 6.59. The van der Waals surface area contributed by atoms with Crippen LogP contribution in [0.1, 0.15) is 95.8 Å². The number of nitrogens with one attached hydrogen (secondary N) is 3. The lowest BCUT2D eigenvalue weighted by Crippen LogP contribution is -2.43. The smallest absolute Gasteiger partial charge is 0.328 e. The predicted octanol–water partition coefficient (Wildman–Crippen LogP) is 4.69. The third-order valence-electron chi connectivity index (χ3n) is 6.59. The van der Waals surface area contributed by atoms with Crippen LogP contribution >= 0.6 is 0 Å². The molecule has 0 radical (unpaired) electrons. The van der Waals surface area contributed by atoms with Crippen LogP contribution in [0.4, 0.5) is 5.95 Å². The van der Waals surface area contributed by atoms with Gasteiger partial charge in [-0.15, -0.1) is 0 Å². The van der Waals surface area contributed by atoms with E-state index >= 15 is 0 Å². The van der Waals surface area contributed by atoms with E-state index < -0.39 is 23.9 Å². The molecule has 1 atom stereocenters. The molecule has 0 aliphatic carbocycles. The fourth-order valence-electron chi connectivity index (χ4n) is 4.65. The average Bonchev–Trinajstić information content (AvgIpc) is 3.28. The summed E-state index contributed by atoms with van der Waals surface area (Å²) < 4.78 is 12.5. The number of hydrogen-bond acceptors (Lipinski definition) is 8. The maximum atomic E-state index is 13.0. The summed E-state index contributed by atoms with van der Waals surface area (Å²) in [7, 11) is 0. The fourth-order valence-corrected chi connectivity index (χ4v) is 4.65. The Balaban J connectivity index is 1.72. The number of anilines is 1. The van der Waals surface area contributed by atoms with Crippen LogP contribution in [0.3, 0.4) is 0 Å². The number of hydrogen-bond donors (Lipinski definition) is 3. The van der Waals surface area contributed by atoms with Gasteiger partial charge in [0, 0.05) is 30.3 Å². The van der Waals surface area contributed by atoms with E-state index in [-0.39, 0.29) is 42.7 Å². The molecule has 11 heteroatoms. The number of ether oxygens (including phenoxy) is 2. The van der Waals surface area contributed by atoms with E-state index in [1.54, 1.807) is 39.8 Å². The number of H-pyrrole nitrogens is 1. The Morgan fingerprint density at radius 2 is 1.58 bits per heavy atom. The first-order valence-corrected chi connectivity index (χ1v) is 14.9. The van der Waals surface area contributed by atoms with Gasteiger partial charge in [-0.25, -0.2) is 4.79 Å². The van der Waals surface area contributed by atoms with E-state index in [1.165, 1.54) is 0 Å². The lowest BCUT2D eigenvalue weighted by molar-refractivity contribution is -0.151. The zero-order valence-corrected chi connectivity index (χ0v) is 26.4. The van der Waals surface area contributed by atoms with E-state index in [0.29, 0.717) is 35.4 Å². The molecule has 1 amide bonds. The molecule has 0 unspecified atom stereocenters. The number of nitrogens with zero attached hydrogens (tertiary/aromatic N) is 2. The Morgan fingerprint density at radius 3 is 2.16 bits per heavy atom. The van der Waals surface area contributed by atoms with Crippen molar-refractivity contribution < 1.29 is 23.9 Å². The van der Waals surface area contributed by atoms with Crippen molar-refractivity contribution in [2.24, 2.45) is 0 Å². The topological polar surface area (TPSA) is 144 Å². The van der Waals surface area contributed by atoms with E-state index in [2.05, 4.69) is 34.4 Å². The van der Waals surface area contributed by atoms with Crippen molar-refractivity contribution >= 4 is 34.8 Å². The minimum Gasteiger partial charge on any atom is -0.463 e. The van der Waals surface area contributed by atoms with E-state index in [1.807, 2.05) is 36.7 Å². The summed E-state index contributed by atoms with van der Waals surface area (Å²) in [6, 6.07) is 6.35. The summed E-state index contributed by atoms with van der Waals surface area (Å²) in [4.78, 5) is 58.3. The summed E-state index contributed by atoms with van der Waals surface area (Å²) >= 11 is 0. The Bertz CT molecular complexity index is 1470. The number of aromatic nitrogens is 3. The summed E-state index contributed by atoms with van der Waals surface area (Å²) in [6.45, 7) is 15.0. The van der Waals surface area contributed by atoms with Gasteiger partial charge >= 0.3 is 11.9 Å². The van der Waals surface area contributed by atoms with Crippen LogP contribution in [0.2, 0.25) is 0 Å². The van der Waals surface area contributed by atoms with Crippen LogP contribution in [-0.2, 0) is 31.9 Å². The number of benzene rings is 1. The van der Waals surface area contributed by atoms with Crippen molar-refractivity contribution in [2.45, 2.75) is 111 Å². The monoisotopic (exact) mass is 595 g/mol. The summed E-state index contributed by atoms with van der Waals surface area (Å²) in [5.41, 5.74) is 2.72. The highest BCUT2D eigenvalue weighted by Gasteiger charge is 2.25. The zero-order valence-electron chi connectivity index (χ0n) is 26.4. The Kier molecular flexibility index (Phi) is 11.5. The molecule has 2 aromatic heterocycles. The number of carbonyl (C=O) groups excluding carboxylic acids is 3. The minimum absolute atomic E-state index is 0.0314. The van der Waals surface area contributed by atoms with Gasteiger partial charge in [0.2, 0.25) is 5.95 Å². The molecule has 2 heterocycles. The van der Waals surface area contributed by atoms with Gasteiger partial charge in [0.15, 0.2) is 0 Å². The van der Waals surface area contributed by atoms with Gasteiger partial charge in [-0.2, -0.15) is 4.98 Å². The van der Waals surface area contributed by atoms with Crippen LogP contribution in [0.15, 0.2) is 35.3 Å². The van der Waals surface area contributed by atoms with Crippen LogP contribution in [0, 0.1) is 0 Å². The first-order chi connectivity index (χ1) is 20.2. The average molecular weight is 596 g/mol. The Hall–Kier alpha value is -4.15. The Morgan fingerprint density at radius 1 is 0.930 bits per heavy atom. The summed E-state index contributed by atoms with van der Waals surface area (Å²) in [6.07, 6.45) is 2.64. The quantitative estimate of drug-likeness (QED) is 0.228. The number of amides is 1. The van der Waals surface area contributed by atoms with Crippen LogP contribution in [0.25, 0.3) is 11.0 Å². The lowest BCUT2D eigenvalue weighted by atomic mass is 10.0. The van der Waals surface area contributed by atoms with E-state index in [4.69, 9.17) is 9.47 Å². The second kappa shape index (κ2) is 14.8. The molecule has 234 valence electrons. The number of carbonyl (C=O) groups is 3. The van der Waals surface area contributed by atoms with Gasteiger partial charge in [0.25, 0.3) is 11.5 Å². The van der Waals surface area contributed by atoms with E-state index in [0.717, 1.165) is 11.1 Å². The maximum Gasteiger partial charge on any atom is 0.328 e. The zero-order chi connectivity index (χ0) is 31.8. The molecule has 0 bridgehead atoms. The molecule has 3 aromatic rings. The molecular formula is C32H45N5O6. The molecule has 0 fully saturated rings. The molecule has 0 aliphatic rings.